The number of hydrogen-bond acceptors (Lipinski definition) is 7. The van der Waals surface area contributed by atoms with Gasteiger partial charge in [0.25, 0.3) is 10.0 Å². The van der Waals surface area contributed by atoms with E-state index in [0.717, 1.165) is 17.0 Å². The molecule has 0 fully saturated rings. The second-order valence-corrected chi connectivity index (χ2v) is 7.63. The van der Waals surface area contributed by atoms with Crippen LogP contribution in [0.15, 0.2) is 34.7 Å². The molecule has 0 spiro atoms. The standard InChI is InChI=1S/C13H17N5O3S2/c1-10(19)15-12-16-17-13(22-12)23(20,21)14-8-9-18(2)11-6-4-3-5-7-11/h3-7,14H,8-9H2,1-2H3,(H,15,16,19). The van der Waals surface area contributed by atoms with Crippen molar-refractivity contribution in [3.05, 3.63) is 30.3 Å². The summed E-state index contributed by atoms with van der Waals surface area (Å²) in [5, 5.41) is 9.76. The molecule has 0 atom stereocenters. The lowest BCUT2D eigenvalue weighted by Gasteiger charge is -2.19. The average molecular weight is 355 g/mol. The third-order valence-corrected chi connectivity index (χ3v) is 5.52. The number of nitrogens with one attached hydrogen (secondary N) is 2. The van der Waals surface area contributed by atoms with Crippen LogP contribution in [-0.4, -0.2) is 44.7 Å². The van der Waals surface area contributed by atoms with E-state index >= 15 is 0 Å². The van der Waals surface area contributed by atoms with Gasteiger partial charge in [0.05, 0.1) is 0 Å². The molecule has 1 aromatic carbocycles. The first-order chi connectivity index (χ1) is 10.9. The molecule has 1 heterocycles. The molecular weight excluding hydrogens is 338 g/mol. The highest BCUT2D eigenvalue weighted by molar-refractivity contribution is 7.91. The van der Waals surface area contributed by atoms with Crippen LogP contribution < -0.4 is 14.9 Å². The largest absolute Gasteiger partial charge is 0.373 e. The normalized spacial score (nSPS) is 11.2. The number of hydrogen-bond donors (Lipinski definition) is 2. The van der Waals surface area contributed by atoms with E-state index in [1.54, 1.807) is 0 Å². The molecule has 124 valence electrons. The molecule has 0 bridgehead atoms. The first-order valence-electron chi connectivity index (χ1n) is 6.75. The summed E-state index contributed by atoms with van der Waals surface area (Å²) < 4.78 is 26.5. The molecule has 23 heavy (non-hydrogen) atoms. The van der Waals surface area contributed by atoms with Gasteiger partial charge < -0.3 is 10.2 Å². The molecule has 2 rings (SSSR count). The lowest BCUT2D eigenvalue weighted by atomic mass is 10.3. The molecule has 0 unspecified atom stereocenters. The Morgan fingerprint density at radius 2 is 1.96 bits per heavy atom. The molecule has 10 heteroatoms. The minimum atomic E-state index is -3.74. The Morgan fingerprint density at radius 1 is 1.26 bits per heavy atom. The second kappa shape index (κ2) is 7.49. The molecule has 0 aliphatic carbocycles. The third-order valence-electron chi connectivity index (χ3n) is 2.86. The van der Waals surface area contributed by atoms with Crippen molar-refractivity contribution in [1.82, 2.24) is 14.9 Å². The maximum Gasteiger partial charge on any atom is 0.269 e. The van der Waals surface area contributed by atoms with Gasteiger partial charge >= 0.3 is 0 Å². The molecule has 0 aliphatic rings. The van der Waals surface area contributed by atoms with Crippen LogP contribution in [-0.2, 0) is 14.8 Å². The van der Waals surface area contributed by atoms with E-state index < -0.39 is 10.0 Å². The Kier molecular flexibility index (Phi) is 5.64. The summed E-state index contributed by atoms with van der Waals surface area (Å²) in [5.41, 5.74) is 0.996. The van der Waals surface area contributed by atoms with Gasteiger partial charge in [-0.1, -0.05) is 29.5 Å². The van der Waals surface area contributed by atoms with E-state index in [9.17, 15) is 13.2 Å². The summed E-state index contributed by atoms with van der Waals surface area (Å²) in [7, 11) is -1.86. The number of para-hydroxylation sites is 1. The summed E-state index contributed by atoms with van der Waals surface area (Å²) in [6.45, 7) is 2.04. The third kappa shape index (κ3) is 4.98. The van der Waals surface area contributed by atoms with Gasteiger partial charge in [-0.2, -0.15) is 0 Å². The van der Waals surface area contributed by atoms with Crippen molar-refractivity contribution in [3.8, 4) is 0 Å². The number of nitrogens with zero attached hydrogens (tertiary/aromatic N) is 3. The van der Waals surface area contributed by atoms with E-state index in [4.69, 9.17) is 0 Å². The zero-order valence-electron chi connectivity index (χ0n) is 12.7. The molecule has 0 radical (unpaired) electrons. The molecule has 1 amide bonds. The van der Waals surface area contributed by atoms with Gasteiger partial charge in [-0.3, -0.25) is 4.79 Å². The molecule has 0 saturated carbocycles. The highest BCUT2D eigenvalue weighted by Crippen LogP contribution is 2.19. The number of carbonyl (C=O) groups excluding carboxylic acids is 1. The maximum absolute atomic E-state index is 12.1. The van der Waals surface area contributed by atoms with Crippen LogP contribution in [0.1, 0.15) is 6.92 Å². The summed E-state index contributed by atoms with van der Waals surface area (Å²) in [6, 6.07) is 9.64. The molecule has 8 nitrogen and oxygen atoms in total. The second-order valence-electron chi connectivity index (χ2n) is 4.71. The van der Waals surface area contributed by atoms with Gasteiger partial charge in [-0.25, -0.2) is 13.1 Å². The van der Waals surface area contributed by atoms with Crippen LogP contribution in [0.3, 0.4) is 0 Å². The van der Waals surface area contributed by atoms with E-state index in [-0.39, 0.29) is 21.9 Å². The van der Waals surface area contributed by atoms with Crippen LogP contribution in [0.25, 0.3) is 0 Å². The molecule has 0 aliphatic heterocycles. The van der Waals surface area contributed by atoms with Crippen molar-refractivity contribution in [2.24, 2.45) is 0 Å². The highest BCUT2D eigenvalue weighted by Gasteiger charge is 2.20. The van der Waals surface area contributed by atoms with Gasteiger partial charge in [0.2, 0.25) is 15.4 Å². The number of aromatic nitrogens is 2. The van der Waals surface area contributed by atoms with Gasteiger partial charge in [-0.15, -0.1) is 10.2 Å². The minimum absolute atomic E-state index is 0.152. The summed E-state index contributed by atoms with van der Waals surface area (Å²) in [6.07, 6.45) is 0. The topological polar surface area (TPSA) is 104 Å². The van der Waals surface area contributed by atoms with E-state index in [0.29, 0.717) is 6.54 Å². The number of benzene rings is 1. The zero-order valence-corrected chi connectivity index (χ0v) is 14.3. The zero-order chi connectivity index (χ0) is 16.9. The Balaban J connectivity index is 1.91. The van der Waals surface area contributed by atoms with Crippen molar-refractivity contribution in [2.45, 2.75) is 11.3 Å². The van der Waals surface area contributed by atoms with Crippen LogP contribution in [0.4, 0.5) is 10.8 Å². The average Bonchev–Trinajstić information content (AvgIpc) is 2.96. The molecule has 2 N–H and O–H groups in total. The molecule has 0 saturated heterocycles. The van der Waals surface area contributed by atoms with E-state index in [1.165, 1.54) is 6.92 Å². The molecule has 1 aromatic heterocycles. The Bertz CT molecular complexity index is 761. The van der Waals surface area contributed by atoms with Gasteiger partial charge in [0.15, 0.2) is 0 Å². The fraction of sp³-hybridized carbons (Fsp3) is 0.308. The Labute approximate surface area is 138 Å². The van der Waals surface area contributed by atoms with Crippen molar-refractivity contribution >= 4 is 38.1 Å². The first-order valence-corrected chi connectivity index (χ1v) is 9.05. The number of sulfonamides is 1. The molecule has 2 aromatic rings. The van der Waals surface area contributed by atoms with Crippen molar-refractivity contribution in [3.63, 3.8) is 0 Å². The summed E-state index contributed by atoms with van der Waals surface area (Å²) in [4.78, 5) is 12.8. The fourth-order valence-corrected chi connectivity index (χ4v) is 3.75. The number of anilines is 2. The van der Waals surface area contributed by atoms with Gasteiger partial charge in [0.1, 0.15) is 0 Å². The van der Waals surface area contributed by atoms with Crippen LogP contribution in [0.2, 0.25) is 0 Å². The Hall–Kier alpha value is -2.04. The van der Waals surface area contributed by atoms with Gasteiger partial charge in [-0.05, 0) is 12.1 Å². The Morgan fingerprint density at radius 3 is 2.61 bits per heavy atom. The fourth-order valence-electron chi connectivity index (χ4n) is 1.74. The van der Waals surface area contributed by atoms with Crippen LogP contribution in [0, 0.1) is 0 Å². The predicted octanol–water partition coefficient (Wildman–Crippen LogP) is 0.911. The minimum Gasteiger partial charge on any atom is -0.373 e. The van der Waals surface area contributed by atoms with Crippen molar-refractivity contribution in [2.75, 3.05) is 30.4 Å². The first kappa shape index (κ1) is 17.3. The van der Waals surface area contributed by atoms with Crippen molar-refractivity contribution < 1.29 is 13.2 Å². The summed E-state index contributed by atoms with van der Waals surface area (Å²) >= 11 is 0.805. The van der Waals surface area contributed by atoms with Crippen LogP contribution >= 0.6 is 11.3 Å². The summed E-state index contributed by atoms with van der Waals surface area (Å²) in [5.74, 6) is -0.331. The smallest absolute Gasteiger partial charge is 0.269 e. The highest BCUT2D eigenvalue weighted by atomic mass is 32.2. The lowest BCUT2D eigenvalue weighted by molar-refractivity contribution is -0.114. The number of rotatable bonds is 7. The maximum atomic E-state index is 12.1. The number of amides is 1. The molecular formula is C13H17N5O3S2. The van der Waals surface area contributed by atoms with Crippen molar-refractivity contribution in [1.29, 1.82) is 0 Å². The van der Waals surface area contributed by atoms with Gasteiger partial charge in [0, 0.05) is 32.7 Å². The lowest BCUT2D eigenvalue weighted by Crippen LogP contribution is -2.33. The SMILES string of the molecule is CC(=O)Nc1nnc(S(=O)(=O)NCCN(C)c2ccccc2)s1. The monoisotopic (exact) mass is 355 g/mol. The number of likely N-dealkylation sites (N-methyl/N-ethyl adjacent to an activating group) is 1. The van der Waals surface area contributed by atoms with Crippen LogP contribution in [0.5, 0.6) is 0 Å². The quantitative estimate of drug-likeness (QED) is 0.716. The van der Waals surface area contributed by atoms with E-state index in [1.807, 2.05) is 42.3 Å². The predicted molar refractivity (Wildman–Crippen MR) is 89.1 cm³/mol. The number of carbonyl (C=O) groups is 1. The van der Waals surface area contributed by atoms with E-state index in [2.05, 4.69) is 20.2 Å².